The first-order valence-corrected chi connectivity index (χ1v) is 9.92. The van der Waals surface area contributed by atoms with Crippen molar-refractivity contribution in [3.63, 3.8) is 0 Å². The van der Waals surface area contributed by atoms with Gasteiger partial charge in [-0.3, -0.25) is 9.59 Å². The number of amides is 2. The molecule has 0 spiro atoms. The summed E-state index contributed by atoms with van der Waals surface area (Å²) >= 11 is 0. The highest BCUT2D eigenvalue weighted by molar-refractivity contribution is 6.00. The summed E-state index contributed by atoms with van der Waals surface area (Å²) in [5.74, 6) is -0.290. The molecule has 4 rings (SSSR count). The molecular formula is C21H28N2O4. The fourth-order valence-corrected chi connectivity index (χ4v) is 4.34. The number of aryl methyl sites for hydroxylation is 2. The van der Waals surface area contributed by atoms with Crippen molar-refractivity contribution >= 4 is 17.5 Å². The molecule has 4 unspecified atom stereocenters. The monoisotopic (exact) mass is 372 g/mol. The second kappa shape index (κ2) is 7.60. The van der Waals surface area contributed by atoms with Crippen LogP contribution >= 0.6 is 0 Å². The number of ether oxygens (including phenoxy) is 2. The van der Waals surface area contributed by atoms with Gasteiger partial charge in [0.2, 0.25) is 11.8 Å². The average molecular weight is 372 g/mol. The standard InChI is InChI=1S/C21H28N2O4/c1-13-3-5-17(9-14(13)2)23-12-15(10-20(23)24)21(25)22-16-4-6-18-19(11-16)27-8-7-26-18/h3,5,9,15-16,18-19H,4,6-8,10-12H2,1-2H3,(H,22,25). The zero-order chi connectivity index (χ0) is 19.0. The van der Waals surface area contributed by atoms with E-state index in [2.05, 4.69) is 12.2 Å². The normalized spacial score (nSPS) is 30.9. The molecule has 2 amide bonds. The van der Waals surface area contributed by atoms with Crippen molar-refractivity contribution < 1.29 is 19.1 Å². The molecule has 0 bridgehead atoms. The van der Waals surface area contributed by atoms with Crippen LogP contribution in [-0.2, 0) is 19.1 Å². The number of carbonyl (C=O) groups is 2. The predicted molar refractivity (Wildman–Crippen MR) is 102 cm³/mol. The molecule has 27 heavy (non-hydrogen) atoms. The molecule has 0 radical (unpaired) electrons. The van der Waals surface area contributed by atoms with Gasteiger partial charge < -0.3 is 19.7 Å². The predicted octanol–water partition coefficient (Wildman–Crippen LogP) is 2.11. The van der Waals surface area contributed by atoms with Crippen LogP contribution in [-0.4, -0.2) is 49.8 Å². The Bertz CT molecular complexity index is 735. The molecule has 2 saturated heterocycles. The maximum absolute atomic E-state index is 12.8. The van der Waals surface area contributed by atoms with E-state index in [0.29, 0.717) is 19.8 Å². The van der Waals surface area contributed by atoms with Crippen LogP contribution < -0.4 is 10.2 Å². The van der Waals surface area contributed by atoms with E-state index in [1.54, 1.807) is 4.90 Å². The second-order valence-corrected chi connectivity index (χ2v) is 8.01. The Morgan fingerprint density at radius 3 is 2.67 bits per heavy atom. The first kappa shape index (κ1) is 18.4. The maximum atomic E-state index is 12.8. The van der Waals surface area contributed by atoms with Gasteiger partial charge in [-0.25, -0.2) is 0 Å². The minimum atomic E-state index is -0.291. The number of nitrogens with one attached hydrogen (secondary N) is 1. The Labute approximate surface area is 160 Å². The SMILES string of the molecule is Cc1ccc(N2CC(C(=O)NC3CCC4OCCOC4C3)CC2=O)cc1C. The van der Waals surface area contributed by atoms with E-state index >= 15 is 0 Å². The van der Waals surface area contributed by atoms with Gasteiger partial charge in [0.1, 0.15) is 0 Å². The summed E-state index contributed by atoms with van der Waals surface area (Å²) in [4.78, 5) is 27.0. The van der Waals surface area contributed by atoms with Crippen molar-refractivity contribution in [1.29, 1.82) is 0 Å². The largest absolute Gasteiger partial charge is 0.373 e. The van der Waals surface area contributed by atoms with E-state index < -0.39 is 0 Å². The number of hydrogen-bond acceptors (Lipinski definition) is 4. The van der Waals surface area contributed by atoms with Crippen LogP contribution in [0.2, 0.25) is 0 Å². The van der Waals surface area contributed by atoms with Crippen LogP contribution in [0.3, 0.4) is 0 Å². The quantitative estimate of drug-likeness (QED) is 0.882. The van der Waals surface area contributed by atoms with E-state index in [-0.39, 0.29) is 42.4 Å². The van der Waals surface area contributed by atoms with Crippen molar-refractivity contribution in [3.8, 4) is 0 Å². The van der Waals surface area contributed by atoms with Crippen LogP contribution in [0.15, 0.2) is 18.2 Å². The van der Waals surface area contributed by atoms with Crippen molar-refractivity contribution in [2.75, 3.05) is 24.7 Å². The van der Waals surface area contributed by atoms with E-state index in [9.17, 15) is 9.59 Å². The summed E-state index contributed by atoms with van der Waals surface area (Å²) in [5, 5.41) is 3.15. The lowest BCUT2D eigenvalue weighted by Gasteiger charge is -2.39. The highest BCUT2D eigenvalue weighted by atomic mass is 16.6. The lowest BCUT2D eigenvalue weighted by molar-refractivity contribution is -0.159. The van der Waals surface area contributed by atoms with E-state index in [1.807, 2.05) is 25.1 Å². The molecule has 1 N–H and O–H groups in total. The minimum absolute atomic E-state index is 0.0186. The Balaban J connectivity index is 1.35. The average Bonchev–Trinajstić information content (AvgIpc) is 3.06. The molecule has 2 aliphatic heterocycles. The van der Waals surface area contributed by atoms with E-state index in [1.165, 1.54) is 5.56 Å². The van der Waals surface area contributed by atoms with Gasteiger partial charge in [0, 0.05) is 24.7 Å². The van der Waals surface area contributed by atoms with Crippen molar-refractivity contribution in [3.05, 3.63) is 29.3 Å². The number of hydrogen-bond donors (Lipinski definition) is 1. The Hall–Kier alpha value is -1.92. The lowest BCUT2D eigenvalue weighted by Crippen LogP contribution is -2.50. The van der Waals surface area contributed by atoms with Gasteiger partial charge in [-0.15, -0.1) is 0 Å². The highest BCUT2D eigenvalue weighted by Crippen LogP contribution is 2.29. The second-order valence-electron chi connectivity index (χ2n) is 8.01. The molecule has 1 aliphatic carbocycles. The molecule has 1 saturated carbocycles. The number of rotatable bonds is 3. The highest BCUT2D eigenvalue weighted by Gasteiger charge is 2.38. The summed E-state index contributed by atoms with van der Waals surface area (Å²) < 4.78 is 11.5. The third-order valence-electron chi connectivity index (χ3n) is 6.12. The van der Waals surface area contributed by atoms with Crippen LogP contribution in [0.25, 0.3) is 0 Å². The summed E-state index contributed by atoms with van der Waals surface area (Å²) in [5.41, 5.74) is 3.23. The molecule has 3 aliphatic rings. The molecule has 3 fully saturated rings. The molecule has 146 valence electrons. The fourth-order valence-electron chi connectivity index (χ4n) is 4.34. The first-order chi connectivity index (χ1) is 13.0. The third-order valence-corrected chi connectivity index (χ3v) is 6.12. The van der Waals surface area contributed by atoms with Gasteiger partial charge >= 0.3 is 0 Å². The Morgan fingerprint density at radius 1 is 1.11 bits per heavy atom. The molecule has 1 aromatic rings. The number of benzene rings is 1. The van der Waals surface area contributed by atoms with Gasteiger partial charge in [0.15, 0.2) is 0 Å². The van der Waals surface area contributed by atoms with Gasteiger partial charge in [0.05, 0.1) is 31.3 Å². The third kappa shape index (κ3) is 3.87. The number of fused-ring (bicyclic) bond motifs is 1. The van der Waals surface area contributed by atoms with Gasteiger partial charge in [0.25, 0.3) is 0 Å². The van der Waals surface area contributed by atoms with Crippen LogP contribution in [0.4, 0.5) is 5.69 Å². The summed E-state index contributed by atoms with van der Waals surface area (Å²) in [6, 6.07) is 6.11. The number of anilines is 1. The summed E-state index contributed by atoms with van der Waals surface area (Å²) in [7, 11) is 0. The summed E-state index contributed by atoms with van der Waals surface area (Å²) in [6.45, 7) is 5.83. The van der Waals surface area contributed by atoms with Gasteiger partial charge in [-0.2, -0.15) is 0 Å². The van der Waals surface area contributed by atoms with Crippen molar-refractivity contribution in [2.45, 2.75) is 57.8 Å². The molecule has 2 heterocycles. The molecular weight excluding hydrogens is 344 g/mol. The molecule has 6 heteroatoms. The van der Waals surface area contributed by atoms with E-state index in [4.69, 9.17) is 9.47 Å². The zero-order valence-corrected chi connectivity index (χ0v) is 16.1. The van der Waals surface area contributed by atoms with Crippen LogP contribution in [0.5, 0.6) is 0 Å². The minimum Gasteiger partial charge on any atom is -0.373 e. The Morgan fingerprint density at radius 2 is 1.89 bits per heavy atom. The lowest BCUT2D eigenvalue weighted by atomic mass is 9.89. The summed E-state index contributed by atoms with van der Waals surface area (Å²) in [6.07, 6.45) is 3.12. The Kier molecular flexibility index (Phi) is 5.19. The van der Waals surface area contributed by atoms with Gasteiger partial charge in [-0.05, 0) is 56.4 Å². The maximum Gasteiger partial charge on any atom is 0.227 e. The topological polar surface area (TPSA) is 67.9 Å². The number of nitrogens with zero attached hydrogens (tertiary/aromatic N) is 1. The first-order valence-electron chi connectivity index (χ1n) is 9.92. The van der Waals surface area contributed by atoms with Crippen molar-refractivity contribution in [1.82, 2.24) is 5.32 Å². The smallest absolute Gasteiger partial charge is 0.227 e. The van der Waals surface area contributed by atoms with E-state index in [0.717, 1.165) is 30.5 Å². The molecule has 0 aromatic heterocycles. The van der Waals surface area contributed by atoms with Crippen molar-refractivity contribution in [2.24, 2.45) is 5.92 Å². The molecule has 1 aromatic carbocycles. The fraction of sp³-hybridized carbons (Fsp3) is 0.619. The molecule has 6 nitrogen and oxygen atoms in total. The van der Waals surface area contributed by atoms with Gasteiger partial charge in [-0.1, -0.05) is 6.07 Å². The van der Waals surface area contributed by atoms with Crippen LogP contribution in [0.1, 0.15) is 36.8 Å². The number of carbonyl (C=O) groups excluding carboxylic acids is 2. The molecule has 4 atom stereocenters. The van der Waals surface area contributed by atoms with Crippen LogP contribution in [0, 0.1) is 19.8 Å². The zero-order valence-electron chi connectivity index (χ0n) is 16.1.